The summed E-state index contributed by atoms with van der Waals surface area (Å²) in [5.74, 6) is -0.215. The molecule has 0 aliphatic carbocycles. The molecule has 5 heteroatoms. The highest BCUT2D eigenvalue weighted by Crippen LogP contribution is 2.24. The van der Waals surface area contributed by atoms with Crippen LogP contribution in [-0.2, 0) is 12.8 Å². The summed E-state index contributed by atoms with van der Waals surface area (Å²) in [7, 11) is 0. The standard InChI is InChI=1S/C22H22F3NO/c1-3-4-5-17-12-15(2)21-18(13-17)8-9-19(26-21)14-16-6-10-20(11-7-16)27-22(23,24)25/h6-13H,3-5,14H2,1-2H3. The van der Waals surface area contributed by atoms with Crippen LogP contribution in [0.5, 0.6) is 5.75 Å². The number of nitrogens with zero attached hydrogens (tertiary/aromatic N) is 1. The average Bonchev–Trinajstić information content (AvgIpc) is 2.61. The van der Waals surface area contributed by atoms with E-state index in [9.17, 15) is 13.2 Å². The second kappa shape index (κ2) is 7.99. The van der Waals surface area contributed by atoms with E-state index in [-0.39, 0.29) is 5.75 Å². The highest BCUT2D eigenvalue weighted by molar-refractivity contribution is 5.82. The van der Waals surface area contributed by atoms with E-state index in [1.165, 1.54) is 30.5 Å². The van der Waals surface area contributed by atoms with Crippen molar-refractivity contribution in [2.45, 2.75) is 45.9 Å². The van der Waals surface area contributed by atoms with Crippen molar-refractivity contribution in [3.05, 3.63) is 70.9 Å². The van der Waals surface area contributed by atoms with Crippen molar-refractivity contribution in [3.63, 3.8) is 0 Å². The molecule has 0 N–H and O–H groups in total. The van der Waals surface area contributed by atoms with E-state index in [1.54, 1.807) is 12.1 Å². The first-order valence-corrected chi connectivity index (χ1v) is 9.08. The molecular formula is C22H22F3NO. The molecule has 0 aliphatic heterocycles. The summed E-state index contributed by atoms with van der Waals surface area (Å²) in [6.07, 6.45) is -0.707. The molecule has 27 heavy (non-hydrogen) atoms. The highest BCUT2D eigenvalue weighted by Gasteiger charge is 2.30. The van der Waals surface area contributed by atoms with Crippen molar-refractivity contribution in [1.29, 1.82) is 0 Å². The number of alkyl halides is 3. The van der Waals surface area contributed by atoms with Crippen LogP contribution in [0.25, 0.3) is 10.9 Å². The highest BCUT2D eigenvalue weighted by atomic mass is 19.4. The second-order valence-corrected chi connectivity index (χ2v) is 6.76. The third kappa shape index (κ3) is 5.22. The lowest BCUT2D eigenvalue weighted by atomic mass is 10.0. The Morgan fingerprint density at radius 1 is 0.963 bits per heavy atom. The Hall–Kier alpha value is -2.56. The summed E-state index contributed by atoms with van der Waals surface area (Å²) in [5, 5.41) is 1.12. The van der Waals surface area contributed by atoms with Gasteiger partial charge in [0, 0.05) is 17.5 Å². The van der Waals surface area contributed by atoms with Crippen LogP contribution in [0.1, 0.15) is 42.1 Å². The first-order valence-electron chi connectivity index (χ1n) is 9.08. The lowest BCUT2D eigenvalue weighted by Gasteiger charge is -2.10. The first kappa shape index (κ1) is 19.2. The molecule has 0 spiro atoms. The summed E-state index contributed by atoms with van der Waals surface area (Å²) >= 11 is 0. The van der Waals surface area contributed by atoms with Crippen LogP contribution in [0.15, 0.2) is 48.5 Å². The maximum Gasteiger partial charge on any atom is 0.573 e. The lowest BCUT2D eigenvalue weighted by Crippen LogP contribution is -2.17. The molecule has 1 heterocycles. The zero-order chi connectivity index (χ0) is 19.4. The minimum atomic E-state index is -4.67. The van der Waals surface area contributed by atoms with E-state index in [4.69, 9.17) is 4.98 Å². The number of benzene rings is 2. The number of fused-ring (bicyclic) bond motifs is 1. The van der Waals surface area contributed by atoms with Gasteiger partial charge in [0.2, 0.25) is 0 Å². The van der Waals surface area contributed by atoms with Gasteiger partial charge >= 0.3 is 6.36 Å². The summed E-state index contributed by atoms with van der Waals surface area (Å²) in [4.78, 5) is 4.76. The molecule has 0 bridgehead atoms. The monoisotopic (exact) mass is 373 g/mol. The van der Waals surface area contributed by atoms with E-state index < -0.39 is 6.36 Å². The predicted octanol–water partition coefficient (Wildman–Crippen LogP) is 6.38. The molecule has 3 rings (SSSR count). The van der Waals surface area contributed by atoms with Crippen molar-refractivity contribution < 1.29 is 17.9 Å². The van der Waals surface area contributed by atoms with Crippen molar-refractivity contribution in [3.8, 4) is 5.75 Å². The number of aryl methyl sites for hydroxylation is 2. The van der Waals surface area contributed by atoms with Gasteiger partial charge in [-0.3, -0.25) is 4.98 Å². The molecule has 0 unspecified atom stereocenters. The number of aromatic nitrogens is 1. The number of ether oxygens (including phenoxy) is 1. The fourth-order valence-corrected chi connectivity index (χ4v) is 3.17. The molecular weight excluding hydrogens is 351 g/mol. The van der Waals surface area contributed by atoms with Gasteiger partial charge in [0.05, 0.1) is 5.52 Å². The number of unbranched alkanes of at least 4 members (excludes halogenated alkanes) is 1. The van der Waals surface area contributed by atoms with Gasteiger partial charge in [-0.25, -0.2) is 0 Å². The molecule has 2 aromatic carbocycles. The maximum absolute atomic E-state index is 12.2. The van der Waals surface area contributed by atoms with E-state index in [0.717, 1.165) is 34.1 Å². The maximum atomic E-state index is 12.2. The SMILES string of the molecule is CCCCc1cc(C)c2nc(Cc3ccc(OC(F)(F)F)cc3)ccc2c1. The third-order valence-corrected chi connectivity index (χ3v) is 4.46. The molecule has 0 aliphatic rings. The Morgan fingerprint density at radius 2 is 1.70 bits per heavy atom. The number of halogens is 3. The summed E-state index contributed by atoms with van der Waals surface area (Å²) in [6, 6.07) is 14.4. The predicted molar refractivity (Wildman–Crippen MR) is 101 cm³/mol. The normalized spacial score (nSPS) is 11.7. The molecule has 1 aromatic heterocycles. The lowest BCUT2D eigenvalue weighted by molar-refractivity contribution is -0.274. The molecule has 3 aromatic rings. The van der Waals surface area contributed by atoms with Gasteiger partial charge in [0.1, 0.15) is 5.75 Å². The Balaban J connectivity index is 1.78. The third-order valence-electron chi connectivity index (χ3n) is 4.46. The van der Waals surface area contributed by atoms with Crippen LogP contribution in [0.2, 0.25) is 0 Å². The van der Waals surface area contributed by atoms with Gasteiger partial charge in [-0.05, 0) is 60.7 Å². The first-order chi connectivity index (χ1) is 12.8. The van der Waals surface area contributed by atoms with E-state index in [1.807, 2.05) is 6.07 Å². The Labute approximate surface area is 157 Å². The topological polar surface area (TPSA) is 22.1 Å². The van der Waals surface area contributed by atoms with E-state index in [0.29, 0.717) is 6.42 Å². The van der Waals surface area contributed by atoms with Crippen LogP contribution in [0.4, 0.5) is 13.2 Å². The smallest absolute Gasteiger partial charge is 0.406 e. The van der Waals surface area contributed by atoms with E-state index >= 15 is 0 Å². The van der Waals surface area contributed by atoms with Gasteiger partial charge in [-0.15, -0.1) is 13.2 Å². The van der Waals surface area contributed by atoms with Gasteiger partial charge in [0.15, 0.2) is 0 Å². The molecule has 0 radical (unpaired) electrons. The Morgan fingerprint density at radius 3 is 2.37 bits per heavy atom. The summed E-state index contributed by atoms with van der Waals surface area (Å²) < 4.78 is 40.6. The quantitative estimate of drug-likeness (QED) is 0.500. The van der Waals surface area contributed by atoms with Crippen molar-refractivity contribution >= 4 is 10.9 Å². The van der Waals surface area contributed by atoms with Crippen molar-refractivity contribution in [1.82, 2.24) is 4.98 Å². The number of hydrogen-bond donors (Lipinski definition) is 0. The van der Waals surface area contributed by atoms with E-state index in [2.05, 4.69) is 36.8 Å². The number of rotatable bonds is 6. The minimum Gasteiger partial charge on any atom is -0.406 e. The Kier molecular flexibility index (Phi) is 5.68. The van der Waals surface area contributed by atoms with Gasteiger partial charge < -0.3 is 4.74 Å². The molecule has 142 valence electrons. The summed E-state index contributed by atoms with van der Waals surface area (Å²) in [5.41, 5.74) is 5.22. The molecule has 0 saturated heterocycles. The molecule has 0 atom stereocenters. The zero-order valence-electron chi connectivity index (χ0n) is 15.4. The van der Waals surface area contributed by atoms with Crippen LogP contribution in [-0.4, -0.2) is 11.3 Å². The fraction of sp³-hybridized carbons (Fsp3) is 0.318. The van der Waals surface area contributed by atoms with Crippen molar-refractivity contribution in [2.75, 3.05) is 0 Å². The number of pyridine rings is 1. The average molecular weight is 373 g/mol. The minimum absolute atomic E-state index is 0.215. The van der Waals surface area contributed by atoms with Gasteiger partial charge in [0.25, 0.3) is 0 Å². The molecule has 2 nitrogen and oxygen atoms in total. The van der Waals surface area contributed by atoms with Gasteiger partial charge in [-0.1, -0.05) is 37.6 Å². The zero-order valence-corrected chi connectivity index (χ0v) is 15.4. The largest absolute Gasteiger partial charge is 0.573 e. The molecule has 0 amide bonds. The molecule has 0 saturated carbocycles. The van der Waals surface area contributed by atoms with Crippen LogP contribution >= 0.6 is 0 Å². The molecule has 0 fully saturated rings. The fourth-order valence-electron chi connectivity index (χ4n) is 3.17. The number of hydrogen-bond acceptors (Lipinski definition) is 2. The Bertz CT molecular complexity index is 917. The van der Waals surface area contributed by atoms with Crippen LogP contribution in [0.3, 0.4) is 0 Å². The van der Waals surface area contributed by atoms with Crippen LogP contribution < -0.4 is 4.74 Å². The van der Waals surface area contributed by atoms with Crippen LogP contribution in [0, 0.1) is 6.92 Å². The van der Waals surface area contributed by atoms with Gasteiger partial charge in [-0.2, -0.15) is 0 Å². The summed E-state index contributed by atoms with van der Waals surface area (Å²) in [6.45, 7) is 4.25. The second-order valence-electron chi connectivity index (χ2n) is 6.76. The van der Waals surface area contributed by atoms with Crippen molar-refractivity contribution in [2.24, 2.45) is 0 Å².